The van der Waals surface area contributed by atoms with Gasteiger partial charge in [-0.15, -0.1) is 6.58 Å². The largest absolute Gasteiger partial charge is 0.103 e. The SMILES string of the molecule is C=CC1CCC(C=CC2CCC(C3CCC(CCCCC)CC3)CC2)CC1. The van der Waals surface area contributed by atoms with Gasteiger partial charge in [0.05, 0.1) is 0 Å². The number of rotatable bonds is 8. The van der Waals surface area contributed by atoms with Crippen LogP contribution in [0.15, 0.2) is 24.8 Å². The molecule has 3 saturated carbocycles. The van der Waals surface area contributed by atoms with Crippen molar-refractivity contribution in [1.82, 2.24) is 0 Å². The number of hydrogen-bond acceptors (Lipinski definition) is 0. The first-order chi connectivity index (χ1) is 13.3. The zero-order chi connectivity index (χ0) is 18.9. The third-order valence-electron chi connectivity index (χ3n) is 8.40. The zero-order valence-corrected chi connectivity index (χ0v) is 18.2. The molecule has 3 aliphatic carbocycles. The van der Waals surface area contributed by atoms with Crippen molar-refractivity contribution in [2.45, 2.75) is 110 Å². The molecule has 0 unspecified atom stereocenters. The fourth-order valence-corrected chi connectivity index (χ4v) is 6.33. The van der Waals surface area contributed by atoms with Gasteiger partial charge >= 0.3 is 0 Å². The molecule has 0 aliphatic heterocycles. The van der Waals surface area contributed by atoms with Crippen LogP contribution in [0.25, 0.3) is 0 Å². The van der Waals surface area contributed by atoms with Crippen LogP contribution in [0.3, 0.4) is 0 Å². The Morgan fingerprint density at radius 1 is 0.630 bits per heavy atom. The topological polar surface area (TPSA) is 0 Å². The van der Waals surface area contributed by atoms with E-state index in [1.165, 1.54) is 77.0 Å². The molecule has 3 aliphatic rings. The molecule has 0 N–H and O–H groups in total. The number of unbranched alkanes of at least 4 members (excludes halogenated alkanes) is 2. The second-order valence-corrected chi connectivity index (χ2v) is 10.2. The normalized spacial score (nSPS) is 38.1. The highest BCUT2D eigenvalue weighted by Crippen LogP contribution is 2.42. The number of allylic oxidation sites excluding steroid dienone is 3. The van der Waals surface area contributed by atoms with Gasteiger partial charge < -0.3 is 0 Å². The van der Waals surface area contributed by atoms with Gasteiger partial charge in [-0.3, -0.25) is 0 Å². The van der Waals surface area contributed by atoms with Crippen molar-refractivity contribution in [2.75, 3.05) is 0 Å². The molecular weight excluding hydrogens is 324 g/mol. The van der Waals surface area contributed by atoms with Gasteiger partial charge in [-0.1, -0.05) is 63.7 Å². The Morgan fingerprint density at radius 2 is 1.11 bits per heavy atom. The van der Waals surface area contributed by atoms with Crippen LogP contribution >= 0.6 is 0 Å². The van der Waals surface area contributed by atoms with Crippen molar-refractivity contribution in [3.8, 4) is 0 Å². The van der Waals surface area contributed by atoms with Crippen molar-refractivity contribution >= 4 is 0 Å². The first-order valence-electron chi connectivity index (χ1n) is 12.6. The Kier molecular flexibility index (Phi) is 9.01. The van der Waals surface area contributed by atoms with Gasteiger partial charge in [0.15, 0.2) is 0 Å². The Labute approximate surface area is 170 Å². The Bertz CT molecular complexity index is 423. The van der Waals surface area contributed by atoms with Crippen molar-refractivity contribution < 1.29 is 0 Å². The average Bonchev–Trinajstić information content (AvgIpc) is 2.74. The minimum absolute atomic E-state index is 0.798. The molecule has 0 bridgehead atoms. The van der Waals surface area contributed by atoms with E-state index in [-0.39, 0.29) is 0 Å². The molecule has 0 spiro atoms. The Morgan fingerprint density at radius 3 is 1.63 bits per heavy atom. The Balaban J connectivity index is 1.31. The second-order valence-electron chi connectivity index (χ2n) is 10.2. The van der Waals surface area contributed by atoms with E-state index in [4.69, 9.17) is 0 Å². The molecule has 0 radical (unpaired) electrons. The van der Waals surface area contributed by atoms with Gasteiger partial charge in [0.25, 0.3) is 0 Å². The first kappa shape index (κ1) is 21.2. The summed E-state index contributed by atoms with van der Waals surface area (Å²) in [7, 11) is 0. The van der Waals surface area contributed by atoms with Crippen LogP contribution in [0.1, 0.15) is 110 Å². The molecule has 0 aromatic heterocycles. The summed E-state index contributed by atoms with van der Waals surface area (Å²) in [4.78, 5) is 0. The van der Waals surface area contributed by atoms with Gasteiger partial charge in [-0.2, -0.15) is 0 Å². The third kappa shape index (κ3) is 6.79. The predicted molar refractivity (Wildman–Crippen MR) is 120 cm³/mol. The van der Waals surface area contributed by atoms with Crippen LogP contribution in [0, 0.1) is 35.5 Å². The maximum absolute atomic E-state index is 3.98. The lowest BCUT2D eigenvalue weighted by Gasteiger charge is -2.37. The minimum Gasteiger partial charge on any atom is -0.103 e. The Hall–Kier alpha value is -0.520. The van der Waals surface area contributed by atoms with E-state index < -0.39 is 0 Å². The lowest BCUT2D eigenvalue weighted by Crippen LogP contribution is -2.25. The van der Waals surface area contributed by atoms with Crippen LogP contribution in [-0.4, -0.2) is 0 Å². The van der Waals surface area contributed by atoms with E-state index >= 15 is 0 Å². The summed E-state index contributed by atoms with van der Waals surface area (Å²) < 4.78 is 0. The molecule has 0 amide bonds. The summed E-state index contributed by atoms with van der Waals surface area (Å²) >= 11 is 0. The predicted octanol–water partition coefficient (Wildman–Crippen LogP) is 8.73. The van der Waals surface area contributed by atoms with Crippen molar-refractivity contribution in [2.24, 2.45) is 35.5 Å². The molecule has 0 heterocycles. The quantitative estimate of drug-likeness (QED) is 0.296. The van der Waals surface area contributed by atoms with Crippen LogP contribution in [0.2, 0.25) is 0 Å². The molecular formula is C27H46. The molecule has 0 saturated heterocycles. The fraction of sp³-hybridized carbons (Fsp3) is 0.852. The minimum atomic E-state index is 0.798. The van der Waals surface area contributed by atoms with Gasteiger partial charge in [-0.05, 0) is 99.7 Å². The molecule has 0 aromatic rings. The van der Waals surface area contributed by atoms with Crippen LogP contribution in [-0.2, 0) is 0 Å². The molecule has 3 fully saturated rings. The molecule has 3 rings (SSSR count). The average molecular weight is 371 g/mol. The summed E-state index contributed by atoms with van der Waals surface area (Å²) in [6.45, 7) is 6.31. The van der Waals surface area contributed by atoms with E-state index in [2.05, 4.69) is 31.7 Å². The highest BCUT2D eigenvalue weighted by Gasteiger charge is 2.30. The van der Waals surface area contributed by atoms with E-state index in [9.17, 15) is 0 Å². The molecule has 0 heteroatoms. The summed E-state index contributed by atoms with van der Waals surface area (Å²) in [5.41, 5.74) is 0. The van der Waals surface area contributed by atoms with Crippen LogP contribution < -0.4 is 0 Å². The monoisotopic (exact) mass is 370 g/mol. The molecule has 0 nitrogen and oxygen atoms in total. The lowest BCUT2D eigenvalue weighted by atomic mass is 9.68. The standard InChI is InChI=1S/C27H46/c1-3-5-6-7-23-14-18-26(19-15-23)27-20-16-25(17-21-27)13-12-24-10-8-22(4-2)9-11-24/h4,12-13,22-27H,2-3,5-11,14-21H2,1H3. The summed E-state index contributed by atoms with van der Waals surface area (Å²) in [6.07, 6.45) is 30.9. The van der Waals surface area contributed by atoms with E-state index in [0.717, 1.165) is 35.5 Å². The molecule has 154 valence electrons. The van der Waals surface area contributed by atoms with E-state index in [1.807, 2.05) is 0 Å². The van der Waals surface area contributed by atoms with Crippen LogP contribution in [0.5, 0.6) is 0 Å². The maximum Gasteiger partial charge on any atom is -0.0233 e. The number of hydrogen-bond donors (Lipinski definition) is 0. The van der Waals surface area contributed by atoms with Gasteiger partial charge in [-0.25, -0.2) is 0 Å². The molecule has 27 heavy (non-hydrogen) atoms. The summed E-state index contributed by atoms with van der Waals surface area (Å²) in [5.74, 6) is 5.77. The van der Waals surface area contributed by atoms with Crippen molar-refractivity contribution in [3.63, 3.8) is 0 Å². The fourth-order valence-electron chi connectivity index (χ4n) is 6.33. The smallest absolute Gasteiger partial charge is 0.0233 e. The van der Waals surface area contributed by atoms with E-state index in [1.54, 1.807) is 25.7 Å². The summed E-state index contributed by atoms with van der Waals surface area (Å²) in [6, 6.07) is 0. The van der Waals surface area contributed by atoms with Gasteiger partial charge in [0, 0.05) is 0 Å². The van der Waals surface area contributed by atoms with Gasteiger partial charge in [0.2, 0.25) is 0 Å². The lowest BCUT2D eigenvalue weighted by molar-refractivity contribution is 0.151. The molecule has 0 atom stereocenters. The molecule has 0 aromatic carbocycles. The maximum atomic E-state index is 3.98. The van der Waals surface area contributed by atoms with Gasteiger partial charge in [0.1, 0.15) is 0 Å². The second kappa shape index (κ2) is 11.5. The zero-order valence-electron chi connectivity index (χ0n) is 18.2. The van der Waals surface area contributed by atoms with Crippen molar-refractivity contribution in [3.05, 3.63) is 24.8 Å². The third-order valence-corrected chi connectivity index (χ3v) is 8.40. The van der Waals surface area contributed by atoms with Crippen molar-refractivity contribution in [1.29, 1.82) is 0 Å². The summed E-state index contributed by atoms with van der Waals surface area (Å²) in [5, 5.41) is 0. The highest BCUT2D eigenvalue weighted by molar-refractivity contribution is 4.98. The van der Waals surface area contributed by atoms with E-state index in [0.29, 0.717) is 0 Å². The highest BCUT2D eigenvalue weighted by atomic mass is 14.4. The first-order valence-corrected chi connectivity index (χ1v) is 12.6. The van der Waals surface area contributed by atoms with Crippen LogP contribution in [0.4, 0.5) is 0 Å².